The summed E-state index contributed by atoms with van der Waals surface area (Å²) in [5, 5.41) is 3.58. The van der Waals surface area contributed by atoms with Crippen LogP contribution in [-0.2, 0) is 13.0 Å². The Hall–Kier alpha value is -0.820. The zero-order chi connectivity index (χ0) is 10.5. The van der Waals surface area contributed by atoms with Crippen LogP contribution in [0.25, 0.3) is 0 Å². The van der Waals surface area contributed by atoms with Gasteiger partial charge in [0.2, 0.25) is 0 Å². The predicted octanol–water partition coefficient (Wildman–Crippen LogP) is 3.14. The van der Waals surface area contributed by atoms with Gasteiger partial charge in [-0.2, -0.15) is 0 Å². The third-order valence-corrected chi connectivity index (χ3v) is 3.47. The van der Waals surface area contributed by atoms with Gasteiger partial charge in [-0.15, -0.1) is 0 Å². The number of nitrogens with one attached hydrogen (secondary N) is 1. The van der Waals surface area contributed by atoms with Crippen LogP contribution in [-0.4, -0.2) is 6.54 Å². The fourth-order valence-electron chi connectivity index (χ4n) is 2.18. The minimum atomic E-state index is 0.957. The highest BCUT2D eigenvalue weighted by atomic mass is 14.9. The van der Waals surface area contributed by atoms with Gasteiger partial charge in [0.1, 0.15) is 0 Å². The van der Waals surface area contributed by atoms with Crippen molar-refractivity contribution >= 4 is 0 Å². The number of rotatable bonds is 5. The molecule has 1 nitrogen and oxygen atoms in total. The molecule has 0 atom stereocenters. The molecule has 1 saturated carbocycles. The molecule has 0 unspecified atom stereocenters. The standard InChI is InChI=1S/C14H21N/c1-2-13-8-3-4-9-14(13)11-15-10-12-6-5-7-12/h3-4,8-9,12,15H,2,5-7,10-11H2,1H3. The van der Waals surface area contributed by atoms with Gasteiger partial charge in [0.05, 0.1) is 0 Å². The van der Waals surface area contributed by atoms with Gasteiger partial charge in [-0.25, -0.2) is 0 Å². The maximum absolute atomic E-state index is 3.58. The molecule has 1 N–H and O–H groups in total. The van der Waals surface area contributed by atoms with Crippen molar-refractivity contribution in [1.82, 2.24) is 5.32 Å². The Bertz CT molecular complexity index is 302. The highest BCUT2D eigenvalue weighted by molar-refractivity contribution is 5.26. The summed E-state index contributed by atoms with van der Waals surface area (Å²) < 4.78 is 0. The molecule has 1 aromatic carbocycles. The van der Waals surface area contributed by atoms with Gasteiger partial charge in [0.15, 0.2) is 0 Å². The predicted molar refractivity (Wildman–Crippen MR) is 64.9 cm³/mol. The lowest BCUT2D eigenvalue weighted by molar-refractivity contribution is 0.301. The quantitative estimate of drug-likeness (QED) is 0.775. The Morgan fingerprint density at radius 2 is 1.93 bits per heavy atom. The fraction of sp³-hybridized carbons (Fsp3) is 0.571. The van der Waals surface area contributed by atoms with Crippen LogP contribution in [0.2, 0.25) is 0 Å². The number of hydrogen-bond donors (Lipinski definition) is 1. The summed E-state index contributed by atoms with van der Waals surface area (Å²) in [5.41, 5.74) is 2.96. The molecule has 0 bridgehead atoms. The van der Waals surface area contributed by atoms with E-state index in [1.165, 1.54) is 36.9 Å². The zero-order valence-electron chi connectivity index (χ0n) is 9.63. The van der Waals surface area contributed by atoms with E-state index in [1.54, 1.807) is 0 Å². The van der Waals surface area contributed by atoms with Crippen molar-refractivity contribution < 1.29 is 0 Å². The van der Waals surface area contributed by atoms with E-state index in [1.807, 2.05) is 0 Å². The second kappa shape index (κ2) is 5.32. The van der Waals surface area contributed by atoms with Crippen LogP contribution >= 0.6 is 0 Å². The van der Waals surface area contributed by atoms with E-state index in [-0.39, 0.29) is 0 Å². The molecule has 15 heavy (non-hydrogen) atoms. The summed E-state index contributed by atoms with van der Waals surface area (Å²) in [5.74, 6) is 0.957. The molecule has 0 radical (unpaired) electrons. The molecular formula is C14H21N. The zero-order valence-corrected chi connectivity index (χ0v) is 9.63. The first-order valence-electron chi connectivity index (χ1n) is 6.17. The maximum atomic E-state index is 3.58. The Kier molecular flexibility index (Phi) is 3.79. The lowest BCUT2D eigenvalue weighted by atomic mass is 9.85. The normalized spacial score (nSPS) is 16.3. The smallest absolute Gasteiger partial charge is 0.0208 e. The molecular weight excluding hydrogens is 182 g/mol. The van der Waals surface area contributed by atoms with Crippen molar-refractivity contribution in [2.24, 2.45) is 5.92 Å². The first kappa shape index (κ1) is 10.7. The van der Waals surface area contributed by atoms with Gasteiger partial charge >= 0.3 is 0 Å². The Morgan fingerprint density at radius 3 is 2.53 bits per heavy atom. The molecule has 1 aromatic rings. The van der Waals surface area contributed by atoms with Crippen LogP contribution in [0.1, 0.15) is 37.3 Å². The monoisotopic (exact) mass is 203 g/mol. The number of benzene rings is 1. The topological polar surface area (TPSA) is 12.0 Å². The minimum Gasteiger partial charge on any atom is -0.312 e. The van der Waals surface area contributed by atoms with Gasteiger partial charge in [-0.1, -0.05) is 37.6 Å². The van der Waals surface area contributed by atoms with Crippen LogP contribution in [0.15, 0.2) is 24.3 Å². The summed E-state index contributed by atoms with van der Waals surface area (Å²) in [6.07, 6.45) is 5.45. The largest absolute Gasteiger partial charge is 0.312 e. The van der Waals surface area contributed by atoms with E-state index in [9.17, 15) is 0 Å². The van der Waals surface area contributed by atoms with Crippen molar-refractivity contribution in [2.75, 3.05) is 6.54 Å². The van der Waals surface area contributed by atoms with E-state index in [0.717, 1.165) is 18.9 Å². The summed E-state index contributed by atoms with van der Waals surface area (Å²) >= 11 is 0. The van der Waals surface area contributed by atoms with E-state index >= 15 is 0 Å². The van der Waals surface area contributed by atoms with Crippen LogP contribution < -0.4 is 5.32 Å². The molecule has 82 valence electrons. The summed E-state index contributed by atoms with van der Waals surface area (Å²) in [6.45, 7) is 4.48. The third-order valence-electron chi connectivity index (χ3n) is 3.47. The molecule has 0 heterocycles. The van der Waals surface area contributed by atoms with Crippen molar-refractivity contribution in [3.63, 3.8) is 0 Å². The van der Waals surface area contributed by atoms with Crippen molar-refractivity contribution in [1.29, 1.82) is 0 Å². The average Bonchev–Trinajstić information content (AvgIpc) is 2.22. The van der Waals surface area contributed by atoms with Crippen molar-refractivity contribution in [2.45, 2.75) is 39.2 Å². The molecule has 0 saturated heterocycles. The Morgan fingerprint density at radius 1 is 1.20 bits per heavy atom. The van der Waals surface area contributed by atoms with E-state index in [0.29, 0.717) is 0 Å². The minimum absolute atomic E-state index is 0.957. The van der Waals surface area contributed by atoms with Crippen LogP contribution in [0.5, 0.6) is 0 Å². The van der Waals surface area contributed by atoms with Gasteiger partial charge in [0.25, 0.3) is 0 Å². The molecule has 1 fully saturated rings. The lowest BCUT2D eigenvalue weighted by Crippen LogP contribution is -2.27. The molecule has 0 amide bonds. The Labute approximate surface area is 92.9 Å². The third kappa shape index (κ3) is 2.82. The number of hydrogen-bond acceptors (Lipinski definition) is 1. The fourth-order valence-corrected chi connectivity index (χ4v) is 2.18. The van der Waals surface area contributed by atoms with Gasteiger partial charge in [-0.05, 0) is 42.9 Å². The molecule has 1 heteroatoms. The van der Waals surface area contributed by atoms with Crippen molar-refractivity contribution in [3.05, 3.63) is 35.4 Å². The van der Waals surface area contributed by atoms with E-state index < -0.39 is 0 Å². The van der Waals surface area contributed by atoms with Crippen LogP contribution in [0, 0.1) is 5.92 Å². The lowest BCUT2D eigenvalue weighted by Gasteiger charge is -2.25. The molecule has 0 aromatic heterocycles. The first-order chi connectivity index (χ1) is 7.40. The summed E-state index contributed by atoms with van der Waals surface area (Å²) in [4.78, 5) is 0. The second-order valence-electron chi connectivity index (χ2n) is 4.55. The molecule has 2 rings (SSSR count). The number of aryl methyl sites for hydroxylation is 1. The van der Waals surface area contributed by atoms with Crippen LogP contribution in [0.3, 0.4) is 0 Å². The SMILES string of the molecule is CCc1ccccc1CNCC1CCC1. The molecule has 0 aliphatic heterocycles. The van der Waals surface area contributed by atoms with Gasteiger partial charge < -0.3 is 5.32 Å². The molecule has 1 aliphatic rings. The van der Waals surface area contributed by atoms with Crippen molar-refractivity contribution in [3.8, 4) is 0 Å². The first-order valence-corrected chi connectivity index (χ1v) is 6.17. The maximum Gasteiger partial charge on any atom is 0.0208 e. The highest BCUT2D eigenvalue weighted by Crippen LogP contribution is 2.25. The summed E-state index contributed by atoms with van der Waals surface area (Å²) in [6, 6.07) is 8.75. The van der Waals surface area contributed by atoms with E-state index in [2.05, 4.69) is 36.5 Å². The molecule has 0 spiro atoms. The second-order valence-corrected chi connectivity index (χ2v) is 4.55. The summed E-state index contributed by atoms with van der Waals surface area (Å²) in [7, 11) is 0. The van der Waals surface area contributed by atoms with Crippen LogP contribution in [0.4, 0.5) is 0 Å². The molecule has 1 aliphatic carbocycles. The van der Waals surface area contributed by atoms with Gasteiger partial charge in [0, 0.05) is 6.54 Å². The Balaban J connectivity index is 1.81. The average molecular weight is 203 g/mol. The highest BCUT2D eigenvalue weighted by Gasteiger charge is 2.16. The van der Waals surface area contributed by atoms with E-state index in [4.69, 9.17) is 0 Å². The van der Waals surface area contributed by atoms with Gasteiger partial charge in [-0.3, -0.25) is 0 Å².